The van der Waals surface area contributed by atoms with Crippen LogP contribution in [0.15, 0.2) is 29.2 Å². The van der Waals surface area contributed by atoms with E-state index in [1.807, 2.05) is 0 Å². The Hall–Kier alpha value is -2.43. The Morgan fingerprint density at radius 3 is 2.52 bits per heavy atom. The van der Waals surface area contributed by atoms with Crippen LogP contribution < -0.4 is 10.6 Å². The highest BCUT2D eigenvalue weighted by Crippen LogP contribution is 2.38. The number of carbonyl (C=O) groups excluding carboxylic acids is 3. The standard InChI is InChI=1S/C22H25ClN2O6S2/c1-2-31-22(28)25-20(27)19-16-6-3-4-7-17(16)32-21(19)24-18(26)8-5-13-33(29,30)15-11-9-14(23)10-12-15/h9-12H,2-8,13H2,1H3,(H,24,26)(H,25,27,28). The molecular formula is C22H25ClN2O6S2. The van der Waals surface area contributed by atoms with E-state index in [0.29, 0.717) is 16.4 Å². The summed E-state index contributed by atoms with van der Waals surface area (Å²) in [6.45, 7) is 1.76. The van der Waals surface area contributed by atoms with Gasteiger partial charge in [-0.25, -0.2) is 13.2 Å². The number of carbonyl (C=O) groups is 3. The lowest BCUT2D eigenvalue weighted by Crippen LogP contribution is -2.32. The molecule has 0 bridgehead atoms. The van der Waals surface area contributed by atoms with Crippen LogP contribution >= 0.6 is 22.9 Å². The molecule has 33 heavy (non-hydrogen) atoms. The Morgan fingerprint density at radius 2 is 1.82 bits per heavy atom. The molecule has 2 aromatic rings. The van der Waals surface area contributed by atoms with Crippen molar-refractivity contribution in [3.8, 4) is 0 Å². The van der Waals surface area contributed by atoms with E-state index in [0.717, 1.165) is 29.7 Å². The van der Waals surface area contributed by atoms with Gasteiger partial charge in [-0.1, -0.05) is 11.6 Å². The predicted octanol–water partition coefficient (Wildman–Crippen LogP) is 4.36. The number of benzene rings is 1. The summed E-state index contributed by atoms with van der Waals surface area (Å²) >= 11 is 7.12. The summed E-state index contributed by atoms with van der Waals surface area (Å²) in [5, 5.41) is 5.75. The third-order valence-corrected chi connectivity index (χ3v) is 8.41. The summed E-state index contributed by atoms with van der Waals surface area (Å²) in [6.07, 6.45) is 2.63. The monoisotopic (exact) mass is 512 g/mol. The van der Waals surface area contributed by atoms with Gasteiger partial charge in [0.25, 0.3) is 5.91 Å². The van der Waals surface area contributed by atoms with Gasteiger partial charge in [0.2, 0.25) is 5.91 Å². The van der Waals surface area contributed by atoms with Gasteiger partial charge in [-0.3, -0.25) is 14.9 Å². The number of imide groups is 1. The van der Waals surface area contributed by atoms with Gasteiger partial charge in [0.15, 0.2) is 9.84 Å². The van der Waals surface area contributed by atoms with Crippen molar-refractivity contribution < 1.29 is 27.5 Å². The minimum Gasteiger partial charge on any atom is -0.450 e. The zero-order valence-corrected chi connectivity index (χ0v) is 20.5. The van der Waals surface area contributed by atoms with Crippen LogP contribution in [0.2, 0.25) is 5.02 Å². The molecule has 0 unspecified atom stereocenters. The maximum absolute atomic E-state index is 12.7. The number of thiophene rings is 1. The summed E-state index contributed by atoms with van der Waals surface area (Å²) < 4.78 is 29.7. The SMILES string of the molecule is CCOC(=O)NC(=O)c1c(NC(=O)CCCS(=O)(=O)c2ccc(Cl)cc2)sc2c1CCCC2. The van der Waals surface area contributed by atoms with Crippen LogP contribution in [0.1, 0.15) is 53.4 Å². The lowest BCUT2D eigenvalue weighted by molar-refractivity contribution is -0.116. The molecule has 1 aromatic carbocycles. The number of alkyl carbamates (subject to hydrolysis) is 1. The Morgan fingerprint density at radius 1 is 1.12 bits per heavy atom. The number of halogens is 1. The highest BCUT2D eigenvalue weighted by Gasteiger charge is 2.27. The number of hydrogen-bond donors (Lipinski definition) is 2. The fourth-order valence-electron chi connectivity index (χ4n) is 3.59. The summed E-state index contributed by atoms with van der Waals surface area (Å²) in [5.74, 6) is -1.21. The Bertz CT molecular complexity index is 1140. The summed E-state index contributed by atoms with van der Waals surface area (Å²) in [4.78, 5) is 38.2. The number of sulfone groups is 1. The molecule has 0 spiro atoms. The average Bonchev–Trinajstić information content (AvgIpc) is 3.11. The van der Waals surface area contributed by atoms with Gasteiger partial charge in [-0.2, -0.15) is 0 Å². The molecule has 0 radical (unpaired) electrons. The van der Waals surface area contributed by atoms with Gasteiger partial charge >= 0.3 is 6.09 Å². The van der Waals surface area contributed by atoms with Gasteiger partial charge in [0.05, 0.1) is 22.8 Å². The molecule has 178 valence electrons. The van der Waals surface area contributed by atoms with Gasteiger partial charge < -0.3 is 10.1 Å². The molecule has 1 heterocycles. The highest BCUT2D eigenvalue weighted by molar-refractivity contribution is 7.91. The van der Waals surface area contributed by atoms with Crippen molar-refractivity contribution >= 4 is 55.7 Å². The number of ether oxygens (including phenoxy) is 1. The Balaban J connectivity index is 1.66. The summed E-state index contributed by atoms with van der Waals surface area (Å²) in [6, 6.07) is 5.87. The molecule has 1 aromatic heterocycles. The fraction of sp³-hybridized carbons (Fsp3) is 0.409. The predicted molar refractivity (Wildman–Crippen MR) is 127 cm³/mol. The van der Waals surface area contributed by atoms with Gasteiger partial charge in [0.1, 0.15) is 5.00 Å². The van der Waals surface area contributed by atoms with Crippen molar-refractivity contribution in [2.45, 2.75) is 50.3 Å². The number of amides is 3. The molecule has 0 aliphatic heterocycles. The second-order valence-corrected chi connectivity index (χ2v) is 11.2. The quantitative estimate of drug-likeness (QED) is 0.542. The van der Waals surface area contributed by atoms with E-state index >= 15 is 0 Å². The molecule has 0 saturated heterocycles. The molecule has 11 heteroatoms. The Labute approximate surface area is 201 Å². The fourth-order valence-corrected chi connectivity index (χ4v) is 6.33. The first-order valence-corrected chi connectivity index (χ1v) is 13.5. The zero-order valence-electron chi connectivity index (χ0n) is 18.1. The maximum atomic E-state index is 12.7. The van der Waals surface area contributed by atoms with E-state index in [1.165, 1.54) is 35.6 Å². The van der Waals surface area contributed by atoms with Crippen LogP contribution in [0.4, 0.5) is 9.80 Å². The minimum absolute atomic E-state index is 0.0334. The van der Waals surface area contributed by atoms with Crippen LogP contribution in [-0.2, 0) is 32.2 Å². The molecule has 8 nitrogen and oxygen atoms in total. The van der Waals surface area contributed by atoms with Crippen LogP contribution in [-0.4, -0.2) is 38.7 Å². The van der Waals surface area contributed by atoms with Crippen molar-refractivity contribution in [2.24, 2.45) is 0 Å². The molecule has 1 aliphatic rings. The van der Waals surface area contributed by atoms with Gasteiger partial charge in [-0.05, 0) is 68.9 Å². The number of aryl methyl sites for hydroxylation is 1. The Kier molecular flexibility index (Phi) is 8.50. The first-order valence-electron chi connectivity index (χ1n) is 10.6. The highest BCUT2D eigenvalue weighted by atomic mass is 35.5. The third kappa shape index (κ3) is 6.55. The van der Waals surface area contributed by atoms with Crippen molar-refractivity contribution in [1.82, 2.24) is 5.32 Å². The van der Waals surface area contributed by atoms with Gasteiger partial charge in [-0.15, -0.1) is 11.3 Å². The summed E-state index contributed by atoms with van der Waals surface area (Å²) in [5.41, 5.74) is 1.12. The second kappa shape index (κ2) is 11.1. The maximum Gasteiger partial charge on any atom is 0.414 e. The van der Waals surface area contributed by atoms with Crippen molar-refractivity contribution in [3.05, 3.63) is 45.3 Å². The van der Waals surface area contributed by atoms with E-state index in [1.54, 1.807) is 6.92 Å². The van der Waals surface area contributed by atoms with E-state index in [-0.39, 0.29) is 35.7 Å². The van der Waals surface area contributed by atoms with Gasteiger partial charge in [0, 0.05) is 16.3 Å². The molecule has 0 fully saturated rings. The van der Waals surface area contributed by atoms with Crippen LogP contribution in [0.25, 0.3) is 0 Å². The number of rotatable bonds is 8. The first kappa shape index (κ1) is 25.2. The molecule has 1 aliphatic carbocycles. The number of fused-ring (bicyclic) bond motifs is 1. The van der Waals surface area contributed by atoms with E-state index in [9.17, 15) is 22.8 Å². The molecule has 3 amide bonds. The van der Waals surface area contributed by atoms with Crippen LogP contribution in [0.5, 0.6) is 0 Å². The van der Waals surface area contributed by atoms with Crippen LogP contribution in [0.3, 0.4) is 0 Å². The first-order chi connectivity index (χ1) is 15.7. The van der Waals surface area contributed by atoms with Crippen molar-refractivity contribution in [3.63, 3.8) is 0 Å². The van der Waals surface area contributed by atoms with E-state index < -0.39 is 27.7 Å². The molecule has 0 atom stereocenters. The lowest BCUT2D eigenvalue weighted by Gasteiger charge is -2.13. The summed E-state index contributed by atoms with van der Waals surface area (Å²) in [7, 11) is -3.54. The zero-order chi connectivity index (χ0) is 24.0. The largest absolute Gasteiger partial charge is 0.450 e. The van der Waals surface area contributed by atoms with Crippen molar-refractivity contribution in [1.29, 1.82) is 0 Å². The second-order valence-electron chi connectivity index (χ2n) is 7.51. The minimum atomic E-state index is -3.54. The smallest absolute Gasteiger partial charge is 0.414 e. The lowest BCUT2D eigenvalue weighted by atomic mass is 9.95. The topological polar surface area (TPSA) is 119 Å². The van der Waals surface area contributed by atoms with E-state index in [2.05, 4.69) is 10.6 Å². The van der Waals surface area contributed by atoms with Crippen LogP contribution in [0, 0.1) is 0 Å². The normalized spacial score (nSPS) is 13.2. The molecular weight excluding hydrogens is 488 g/mol. The molecule has 2 N–H and O–H groups in total. The third-order valence-electron chi connectivity index (χ3n) is 5.13. The molecule has 0 saturated carbocycles. The average molecular weight is 513 g/mol. The number of hydrogen-bond acceptors (Lipinski definition) is 7. The number of nitrogens with one attached hydrogen (secondary N) is 2. The van der Waals surface area contributed by atoms with E-state index in [4.69, 9.17) is 16.3 Å². The number of anilines is 1. The molecule has 3 rings (SSSR count). The van der Waals surface area contributed by atoms with Crippen molar-refractivity contribution in [2.75, 3.05) is 17.7 Å².